The SMILES string of the molecule is CNC(=O)OC1CCC(C(=O)N(CC2CCC(c3ccc(OC)c(C)n3)CC2)c2cccc(-c3cnc(C4CC4)s3)c2)CC1. The molecule has 8 nitrogen and oxygen atoms in total. The molecule has 3 fully saturated rings. The summed E-state index contributed by atoms with van der Waals surface area (Å²) < 4.78 is 10.9. The van der Waals surface area contributed by atoms with Crippen LogP contribution in [0.4, 0.5) is 10.5 Å². The van der Waals surface area contributed by atoms with Crippen LogP contribution in [-0.2, 0) is 9.53 Å². The molecule has 2 aromatic heterocycles. The number of ether oxygens (including phenoxy) is 2. The van der Waals surface area contributed by atoms with Crippen LogP contribution in [0.5, 0.6) is 5.75 Å². The molecular weight excluding hydrogens is 572 g/mol. The van der Waals surface area contributed by atoms with Crippen molar-refractivity contribution >= 4 is 29.0 Å². The highest BCUT2D eigenvalue weighted by atomic mass is 32.1. The normalized spacial score (nSPS) is 23.5. The predicted octanol–water partition coefficient (Wildman–Crippen LogP) is 7.62. The number of thiazole rings is 1. The van der Waals surface area contributed by atoms with Crippen molar-refractivity contribution in [1.82, 2.24) is 15.3 Å². The number of nitrogens with one attached hydrogen (secondary N) is 1. The average molecular weight is 617 g/mol. The van der Waals surface area contributed by atoms with E-state index in [0.29, 0.717) is 30.6 Å². The quantitative estimate of drug-likeness (QED) is 0.266. The maximum Gasteiger partial charge on any atom is 0.407 e. The molecule has 0 radical (unpaired) electrons. The Kier molecular flexibility index (Phi) is 9.50. The lowest BCUT2D eigenvalue weighted by molar-refractivity contribution is -0.124. The number of hydrogen-bond donors (Lipinski definition) is 1. The first kappa shape index (κ1) is 30.6. The van der Waals surface area contributed by atoms with Gasteiger partial charge >= 0.3 is 6.09 Å². The van der Waals surface area contributed by atoms with Crippen molar-refractivity contribution in [2.24, 2.45) is 11.8 Å². The Morgan fingerprint density at radius 3 is 2.41 bits per heavy atom. The number of carbonyl (C=O) groups excluding carboxylic acids is 2. The van der Waals surface area contributed by atoms with Crippen LogP contribution in [0.15, 0.2) is 42.6 Å². The van der Waals surface area contributed by atoms with Gasteiger partial charge in [0.2, 0.25) is 5.91 Å². The molecule has 1 aromatic carbocycles. The fourth-order valence-corrected chi connectivity index (χ4v) is 7.94. The number of alkyl carbamates (subject to hydrolysis) is 1. The molecule has 0 saturated heterocycles. The number of benzene rings is 1. The molecule has 3 aliphatic rings. The summed E-state index contributed by atoms with van der Waals surface area (Å²) in [5.74, 6) is 2.44. The third-order valence-corrected chi connectivity index (χ3v) is 10.9. The van der Waals surface area contributed by atoms with Crippen molar-refractivity contribution in [2.75, 3.05) is 25.6 Å². The van der Waals surface area contributed by atoms with E-state index >= 15 is 0 Å². The molecular formula is C35H44N4O4S. The summed E-state index contributed by atoms with van der Waals surface area (Å²) in [5.41, 5.74) is 4.17. The van der Waals surface area contributed by atoms with Crippen LogP contribution in [0.3, 0.4) is 0 Å². The van der Waals surface area contributed by atoms with Gasteiger partial charge in [-0.3, -0.25) is 9.78 Å². The molecule has 0 aliphatic heterocycles. The van der Waals surface area contributed by atoms with E-state index in [1.54, 1.807) is 25.5 Å². The van der Waals surface area contributed by atoms with E-state index in [2.05, 4.69) is 40.5 Å². The second kappa shape index (κ2) is 13.7. The van der Waals surface area contributed by atoms with Crippen molar-refractivity contribution < 1.29 is 19.1 Å². The average Bonchev–Trinajstić information content (AvgIpc) is 3.79. The number of carbonyl (C=O) groups is 2. The molecule has 2 heterocycles. The second-order valence-electron chi connectivity index (χ2n) is 12.7. The van der Waals surface area contributed by atoms with Crippen LogP contribution in [0, 0.1) is 18.8 Å². The number of pyridine rings is 1. The lowest BCUT2D eigenvalue weighted by Gasteiger charge is -2.36. The molecule has 3 aromatic rings. The van der Waals surface area contributed by atoms with Crippen molar-refractivity contribution in [2.45, 2.75) is 89.1 Å². The van der Waals surface area contributed by atoms with E-state index in [9.17, 15) is 9.59 Å². The van der Waals surface area contributed by atoms with Gasteiger partial charge in [0, 0.05) is 48.9 Å². The first-order valence-electron chi connectivity index (χ1n) is 16.2. The van der Waals surface area contributed by atoms with Gasteiger partial charge in [0.1, 0.15) is 11.9 Å². The van der Waals surface area contributed by atoms with Crippen LogP contribution in [0.25, 0.3) is 10.4 Å². The van der Waals surface area contributed by atoms with Gasteiger partial charge in [-0.1, -0.05) is 12.1 Å². The van der Waals surface area contributed by atoms with Crippen molar-refractivity contribution in [3.8, 4) is 16.2 Å². The van der Waals surface area contributed by atoms with Crippen molar-refractivity contribution in [1.29, 1.82) is 0 Å². The molecule has 44 heavy (non-hydrogen) atoms. The number of anilines is 1. The van der Waals surface area contributed by atoms with Crippen LogP contribution in [-0.4, -0.2) is 48.8 Å². The minimum atomic E-state index is -0.401. The van der Waals surface area contributed by atoms with E-state index in [0.717, 1.165) is 78.3 Å². The van der Waals surface area contributed by atoms with Gasteiger partial charge in [-0.25, -0.2) is 9.78 Å². The van der Waals surface area contributed by atoms with Crippen molar-refractivity contribution in [3.63, 3.8) is 0 Å². The predicted molar refractivity (Wildman–Crippen MR) is 173 cm³/mol. The minimum Gasteiger partial charge on any atom is -0.495 e. The Bertz CT molecular complexity index is 1450. The maximum absolute atomic E-state index is 14.3. The largest absolute Gasteiger partial charge is 0.495 e. The van der Waals surface area contributed by atoms with Crippen LogP contribution >= 0.6 is 11.3 Å². The van der Waals surface area contributed by atoms with E-state index < -0.39 is 6.09 Å². The van der Waals surface area contributed by atoms with E-state index in [4.69, 9.17) is 19.4 Å². The third-order valence-electron chi connectivity index (χ3n) is 9.64. The Morgan fingerprint density at radius 1 is 0.977 bits per heavy atom. The number of aryl methyl sites for hydroxylation is 1. The molecule has 0 atom stereocenters. The zero-order valence-corrected chi connectivity index (χ0v) is 26.9. The summed E-state index contributed by atoms with van der Waals surface area (Å²) in [6.07, 6.45) is 11.1. The second-order valence-corrected chi connectivity index (χ2v) is 13.8. The molecule has 2 amide bonds. The topological polar surface area (TPSA) is 93.7 Å². The first-order valence-corrected chi connectivity index (χ1v) is 17.0. The zero-order chi connectivity index (χ0) is 30.6. The first-order chi connectivity index (χ1) is 21.4. The number of methoxy groups -OCH3 is 1. The molecule has 0 unspecified atom stereocenters. The molecule has 6 rings (SSSR count). The van der Waals surface area contributed by atoms with Crippen LogP contribution < -0.4 is 15.0 Å². The van der Waals surface area contributed by atoms with Crippen molar-refractivity contribution in [3.05, 3.63) is 59.0 Å². The standard InChI is InChI=1S/C35H44N4O4S/c1-22-31(42-3)18-17-30(38-22)24-9-7-23(8-10-24)21-39(34(40)26-13-15-29(16-14-26)43-35(41)36-2)28-6-4-5-27(19-28)32-20-37-33(44-32)25-11-12-25/h4-6,17-20,23-26,29H,7-16,21H2,1-3H3,(H,36,41). The van der Waals surface area contributed by atoms with Gasteiger partial charge in [0.25, 0.3) is 0 Å². The van der Waals surface area contributed by atoms with Gasteiger partial charge in [-0.05, 0) is 107 Å². The number of rotatable bonds is 9. The Hall–Kier alpha value is -3.46. The number of hydrogen-bond acceptors (Lipinski definition) is 7. The number of aromatic nitrogens is 2. The highest BCUT2D eigenvalue weighted by Crippen LogP contribution is 2.44. The highest BCUT2D eigenvalue weighted by molar-refractivity contribution is 7.15. The summed E-state index contributed by atoms with van der Waals surface area (Å²) in [7, 11) is 3.26. The number of amides is 2. The smallest absolute Gasteiger partial charge is 0.407 e. The van der Waals surface area contributed by atoms with E-state index in [-0.39, 0.29) is 17.9 Å². The fraction of sp³-hybridized carbons (Fsp3) is 0.543. The molecule has 1 N–H and O–H groups in total. The Morgan fingerprint density at radius 2 is 1.73 bits per heavy atom. The summed E-state index contributed by atoms with van der Waals surface area (Å²) in [6.45, 7) is 2.72. The highest BCUT2D eigenvalue weighted by Gasteiger charge is 2.34. The minimum absolute atomic E-state index is 0.0733. The van der Waals surface area contributed by atoms with Gasteiger partial charge < -0.3 is 19.7 Å². The summed E-state index contributed by atoms with van der Waals surface area (Å²) in [4.78, 5) is 38.8. The van der Waals surface area contributed by atoms with Gasteiger partial charge in [-0.2, -0.15) is 0 Å². The molecule has 234 valence electrons. The molecule has 3 saturated carbocycles. The van der Waals surface area contributed by atoms with E-state index in [1.165, 1.54) is 17.8 Å². The monoisotopic (exact) mass is 616 g/mol. The van der Waals surface area contributed by atoms with Gasteiger partial charge in [-0.15, -0.1) is 11.3 Å². The van der Waals surface area contributed by atoms with E-state index in [1.807, 2.05) is 19.2 Å². The van der Waals surface area contributed by atoms with Crippen LogP contribution in [0.2, 0.25) is 0 Å². The molecule has 0 spiro atoms. The lowest BCUT2D eigenvalue weighted by Crippen LogP contribution is -2.42. The maximum atomic E-state index is 14.3. The molecule has 0 bridgehead atoms. The summed E-state index contributed by atoms with van der Waals surface area (Å²) in [6, 6.07) is 12.6. The Balaban J connectivity index is 1.17. The van der Waals surface area contributed by atoms with Gasteiger partial charge in [0.05, 0.1) is 22.7 Å². The summed E-state index contributed by atoms with van der Waals surface area (Å²) in [5, 5.41) is 3.76. The molecule has 9 heteroatoms. The Labute approximate surface area is 264 Å². The third kappa shape index (κ3) is 7.09. The molecule has 3 aliphatic carbocycles. The zero-order valence-electron chi connectivity index (χ0n) is 26.1. The number of nitrogens with zero attached hydrogens (tertiary/aromatic N) is 3. The fourth-order valence-electron chi connectivity index (χ4n) is 6.86. The van der Waals surface area contributed by atoms with Crippen LogP contribution in [0.1, 0.15) is 92.4 Å². The lowest BCUT2D eigenvalue weighted by atomic mass is 9.79. The summed E-state index contributed by atoms with van der Waals surface area (Å²) >= 11 is 1.78. The van der Waals surface area contributed by atoms with Gasteiger partial charge in [0.15, 0.2) is 0 Å².